The number of hydrogen-bond acceptors (Lipinski definition) is 4. The van der Waals surface area contributed by atoms with Gasteiger partial charge in [-0.2, -0.15) is 0 Å². The molecule has 1 aliphatic heterocycles. The zero-order valence-corrected chi connectivity index (χ0v) is 18.6. The lowest BCUT2D eigenvalue weighted by atomic mass is 10.2. The first-order valence-corrected chi connectivity index (χ1v) is 11.1. The summed E-state index contributed by atoms with van der Waals surface area (Å²) in [6.07, 6.45) is 1.81. The van der Waals surface area contributed by atoms with Crippen LogP contribution in [-0.4, -0.2) is 15.1 Å². The zero-order valence-electron chi connectivity index (χ0n) is 16.3. The number of amides is 1. The Kier molecular flexibility index (Phi) is 6.70. The van der Waals surface area contributed by atoms with E-state index in [-0.39, 0.29) is 12.5 Å². The maximum atomic E-state index is 13.9. The number of thioether (sulfide) groups is 1. The van der Waals surface area contributed by atoms with Crippen LogP contribution < -0.4 is 4.74 Å². The van der Waals surface area contributed by atoms with Crippen LogP contribution in [0.2, 0.25) is 5.02 Å². The summed E-state index contributed by atoms with van der Waals surface area (Å²) in [6.45, 7) is 0.483. The van der Waals surface area contributed by atoms with Crippen LogP contribution in [0.1, 0.15) is 16.7 Å². The Bertz CT molecular complexity index is 1130. The van der Waals surface area contributed by atoms with E-state index in [0.717, 1.165) is 11.1 Å². The minimum Gasteiger partial charge on any atom is -0.489 e. The van der Waals surface area contributed by atoms with Gasteiger partial charge in [0.15, 0.2) is 0 Å². The third kappa shape index (κ3) is 5.15. The lowest BCUT2D eigenvalue weighted by Gasteiger charge is -2.14. The SMILES string of the molecule is O=C1/C(=C\c2ccc(OCc3c(F)cccc3Cl)cc2)SC(=S)N1Cc1ccccc1. The second-order valence-electron chi connectivity index (χ2n) is 6.81. The predicted octanol–water partition coefficient (Wildman–Crippen LogP) is 6.46. The fraction of sp³-hybridized carbons (Fsp3) is 0.0833. The summed E-state index contributed by atoms with van der Waals surface area (Å²) in [5.74, 6) is 0.0723. The molecule has 3 aromatic carbocycles. The van der Waals surface area contributed by atoms with E-state index in [1.165, 1.54) is 17.8 Å². The molecule has 0 bridgehead atoms. The number of ether oxygens (including phenoxy) is 1. The van der Waals surface area contributed by atoms with E-state index in [0.29, 0.717) is 32.1 Å². The number of benzene rings is 3. The first-order chi connectivity index (χ1) is 15.0. The van der Waals surface area contributed by atoms with Gasteiger partial charge in [0.1, 0.15) is 22.5 Å². The summed E-state index contributed by atoms with van der Waals surface area (Å²) in [5.41, 5.74) is 2.18. The highest BCUT2D eigenvalue weighted by Gasteiger charge is 2.31. The third-order valence-corrected chi connectivity index (χ3v) is 6.41. The molecule has 0 spiro atoms. The molecule has 1 fully saturated rings. The van der Waals surface area contributed by atoms with E-state index in [1.807, 2.05) is 48.5 Å². The monoisotopic (exact) mass is 469 g/mol. The van der Waals surface area contributed by atoms with Gasteiger partial charge in [-0.25, -0.2) is 4.39 Å². The van der Waals surface area contributed by atoms with Crippen molar-refractivity contribution in [3.05, 3.63) is 105 Å². The molecule has 1 aliphatic rings. The van der Waals surface area contributed by atoms with Gasteiger partial charge in [0.05, 0.1) is 16.5 Å². The quantitative estimate of drug-likeness (QED) is 0.306. The molecule has 0 radical (unpaired) electrons. The number of carbonyl (C=O) groups is 1. The van der Waals surface area contributed by atoms with Crippen LogP contribution in [0.4, 0.5) is 4.39 Å². The molecule has 7 heteroatoms. The largest absolute Gasteiger partial charge is 0.489 e. The number of nitrogens with zero attached hydrogens (tertiary/aromatic N) is 1. The molecule has 0 aliphatic carbocycles. The molecule has 0 unspecified atom stereocenters. The summed E-state index contributed by atoms with van der Waals surface area (Å²) >= 11 is 12.7. The van der Waals surface area contributed by atoms with Crippen molar-refractivity contribution < 1.29 is 13.9 Å². The molecule has 156 valence electrons. The van der Waals surface area contributed by atoms with Crippen LogP contribution in [0.15, 0.2) is 77.7 Å². The maximum Gasteiger partial charge on any atom is 0.266 e. The number of halogens is 2. The molecular weight excluding hydrogens is 453 g/mol. The number of thiocarbonyl (C=S) groups is 1. The van der Waals surface area contributed by atoms with E-state index >= 15 is 0 Å². The Labute approximate surface area is 194 Å². The van der Waals surface area contributed by atoms with Crippen molar-refractivity contribution in [2.45, 2.75) is 13.2 Å². The highest BCUT2D eigenvalue weighted by molar-refractivity contribution is 8.26. The molecular formula is C24H17ClFNO2S2. The molecule has 1 saturated heterocycles. The third-order valence-electron chi connectivity index (χ3n) is 4.68. The van der Waals surface area contributed by atoms with Gasteiger partial charge in [-0.3, -0.25) is 9.69 Å². The van der Waals surface area contributed by atoms with Gasteiger partial charge in [0.2, 0.25) is 0 Å². The molecule has 0 saturated carbocycles. The van der Waals surface area contributed by atoms with Crippen LogP contribution >= 0.6 is 35.6 Å². The molecule has 0 aromatic heterocycles. The Balaban J connectivity index is 1.42. The second-order valence-corrected chi connectivity index (χ2v) is 8.89. The molecule has 31 heavy (non-hydrogen) atoms. The van der Waals surface area contributed by atoms with Crippen molar-refractivity contribution in [3.63, 3.8) is 0 Å². The smallest absolute Gasteiger partial charge is 0.266 e. The van der Waals surface area contributed by atoms with Gasteiger partial charge < -0.3 is 4.74 Å². The summed E-state index contributed by atoms with van der Waals surface area (Å²) in [4.78, 5) is 15.0. The molecule has 0 atom stereocenters. The molecule has 0 N–H and O–H groups in total. The fourth-order valence-corrected chi connectivity index (χ4v) is 4.51. The first kappa shape index (κ1) is 21.6. The number of carbonyl (C=O) groups excluding carboxylic acids is 1. The Morgan fingerprint density at radius 2 is 1.77 bits per heavy atom. The van der Waals surface area contributed by atoms with Crippen molar-refractivity contribution in [2.75, 3.05) is 0 Å². The van der Waals surface area contributed by atoms with E-state index in [4.69, 9.17) is 28.6 Å². The van der Waals surface area contributed by atoms with Crippen LogP contribution in [0, 0.1) is 5.82 Å². The zero-order chi connectivity index (χ0) is 21.8. The molecule has 3 nitrogen and oxygen atoms in total. The predicted molar refractivity (Wildman–Crippen MR) is 127 cm³/mol. The van der Waals surface area contributed by atoms with Crippen molar-refractivity contribution in [1.82, 2.24) is 4.90 Å². The second kappa shape index (κ2) is 9.64. The Hall–Kier alpha value is -2.67. The van der Waals surface area contributed by atoms with E-state index < -0.39 is 5.82 Å². The summed E-state index contributed by atoms with van der Waals surface area (Å²) in [5, 5.41) is 0.328. The lowest BCUT2D eigenvalue weighted by molar-refractivity contribution is -0.122. The topological polar surface area (TPSA) is 29.5 Å². The van der Waals surface area contributed by atoms with Gasteiger partial charge in [-0.05, 0) is 41.5 Å². The molecule has 4 rings (SSSR count). The van der Waals surface area contributed by atoms with E-state index in [9.17, 15) is 9.18 Å². The van der Waals surface area contributed by atoms with E-state index in [2.05, 4.69) is 0 Å². The number of rotatable bonds is 6. The summed E-state index contributed by atoms with van der Waals surface area (Å²) in [7, 11) is 0. The first-order valence-electron chi connectivity index (χ1n) is 9.46. The van der Waals surface area contributed by atoms with Gasteiger partial charge in [0, 0.05) is 5.56 Å². The highest BCUT2D eigenvalue weighted by Crippen LogP contribution is 2.34. The van der Waals surface area contributed by atoms with Crippen LogP contribution in [-0.2, 0) is 17.9 Å². The van der Waals surface area contributed by atoms with Crippen molar-refractivity contribution >= 4 is 51.9 Å². The van der Waals surface area contributed by atoms with Gasteiger partial charge in [-0.1, -0.05) is 84.1 Å². The normalized spacial score (nSPS) is 15.0. The van der Waals surface area contributed by atoms with Gasteiger partial charge in [-0.15, -0.1) is 0 Å². The van der Waals surface area contributed by atoms with Crippen LogP contribution in [0.25, 0.3) is 6.08 Å². The molecule has 1 heterocycles. The average molecular weight is 470 g/mol. The van der Waals surface area contributed by atoms with Crippen molar-refractivity contribution in [1.29, 1.82) is 0 Å². The minimum absolute atomic E-state index is 0.0308. The minimum atomic E-state index is -0.401. The number of hydrogen-bond donors (Lipinski definition) is 0. The fourth-order valence-electron chi connectivity index (χ4n) is 3.04. The van der Waals surface area contributed by atoms with Gasteiger partial charge in [0.25, 0.3) is 5.91 Å². The highest BCUT2D eigenvalue weighted by atomic mass is 35.5. The lowest BCUT2D eigenvalue weighted by Crippen LogP contribution is -2.27. The Morgan fingerprint density at radius 3 is 2.48 bits per heavy atom. The summed E-state index contributed by atoms with van der Waals surface area (Å²) < 4.78 is 20.1. The van der Waals surface area contributed by atoms with Crippen molar-refractivity contribution in [2.24, 2.45) is 0 Å². The molecule has 1 amide bonds. The van der Waals surface area contributed by atoms with Crippen molar-refractivity contribution in [3.8, 4) is 5.75 Å². The van der Waals surface area contributed by atoms with Crippen LogP contribution in [0.3, 0.4) is 0 Å². The van der Waals surface area contributed by atoms with Gasteiger partial charge >= 0.3 is 0 Å². The summed E-state index contributed by atoms with van der Waals surface area (Å²) in [6, 6.07) is 21.5. The standard InChI is InChI=1S/C24H17ClFNO2S2/c25-20-7-4-8-21(26)19(20)15-29-18-11-9-16(10-12-18)13-22-23(28)27(24(30)31-22)14-17-5-2-1-3-6-17/h1-13H,14-15H2/b22-13+. The molecule has 3 aromatic rings. The average Bonchev–Trinajstić information content (AvgIpc) is 3.02. The van der Waals surface area contributed by atoms with E-state index in [1.54, 1.807) is 29.2 Å². The Morgan fingerprint density at radius 1 is 1.03 bits per heavy atom. The van der Waals surface area contributed by atoms with Crippen LogP contribution in [0.5, 0.6) is 5.75 Å². The maximum absolute atomic E-state index is 13.9.